The fourth-order valence-electron chi connectivity index (χ4n) is 6.10. The molecule has 1 aromatic rings. The lowest BCUT2D eigenvalue weighted by Gasteiger charge is -2.58. The number of hydrogen-bond donors (Lipinski definition) is 0. The van der Waals surface area contributed by atoms with Crippen molar-refractivity contribution in [2.45, 2.75) is 50.4 Å². The van der Waals surface area contributed by atoms with Crippen molar-refractivity contribution >= 4 is 11.9 Å². The van der Waals surface area contributed by atoms with Crippen molar-refractivity contribution in [3.63, 3.8) is 0 Å². The first-order chi connectivity index (χ1) is 13.2. The van der Waals surface area contributed by atoms with E-state index in [1.54, 1.807) is 0 Å². The number of piperidine rings is 1. The summed E-state index contributed by atoms with van der Waals surface area (Å²) in [5, 5.41) is 0. The Labute approximate surface area is 164 Å². The van der Waals surface area contributed by atoms with E-state index in [0.717, 1.165) is 23.9 Å². The maximum absolute atomic E-state index is 11.7. The molecule has 2 aliphatic carbocycles. The zero-order valence-corrected chi connectivity index (χ0v) is 16.7. The Hall–Kier alpha value is -2.34. The number of carbonyl (C=O) groups excluding carboxylic acids is 2. The van der Waals surface area contributed by atoms with Crippen molar-refractivity contribution in [1.29, 1.82) is 0 Å². The van der Waals surface area contributed by atoms with E-state index < -0.39 is 6.10 Å². The number of ether oxygens (including phenoxy) is 3. The summed E-state index contributed by atoms with van der Waals surface area (Å²) in [7, 11) is 4.60. The van der Waals surface area contributed by atoms with E-state index >= 15 is 0 Å². The van der Waals surface area contributed by atoms with Crippen LogP contribution in [-0.4, -0.2) is 55.3 Å². The van der Waals surface area contributed by atoms with Gasteiger partial charge in [0.15, 0.2) is 23.7 Å². The van der Waals surface area contributed by atoms with Gasteiger partial charge in [-0.2, -0.15) is 0 Å². The van der Waals surface area contributed by atoms with E-state index in [0.29, 0.717) is 23.5 Å². The van der Waals surface area contributed by atoms with Gasteiger partial charge in [-0.05, 0) is 17.7 Å². The molecule has 2 heterocycles. The van der Waals surface area contributed by atoms with Crippen molar-refractivity contribution in [3.8, 4) is 11.5 Å². The summed E-state index contributed by atoms with van der Waals surface area (Å²) in [6, 6.07) is 4.36. The van der Waals surface area contributed by atoms with E-state index in [9.17, 15) is 9.59 Å². The molecule has 1 aromatic carbocycles. The third kappa shape index (κ3) is 2.18. The largest absolute Gasteiger partial charge is 0.481 e. The number of nitrogens with zero attached hydrogens (tertiary/aromatic N) is 1. The predicted molar refractivity (Wildman–Crippen MR) is 101 cm³/mol. The summed E-state index contributed by atoms with van der Waals surface area (Å²) in [6.07, 6.45) is 5.41. The van der Waals surface area contributed by atoms with E-state index in [-0.39, 0.29) is 23.5 Å². The van der Waals surface area contributed by atoms with Crippen LogP contribution in [0.2, 0.25) is 0 Å². The average Bonchev–Trinajstić information content (AvgIpc) is 2.96. The first-order valence-corrected chi connectivity index (χ1v) is 9.94. The van der Waals surface area contributed by atoms with Crippen molar-refractivity contribution in [2.75, 3.05) is 20.6 Å². The van der Waals surface area contributed by atoms with Crippen LogP contribution in [0, 0.1) is 5.92 Å². The second-order valence-corrected chi connectivity index (χ2v) is 9.11. The quantitative estimate of drug-likeness (QED) is 0.338. The normalized spacial score (nSPS) is 35.6. The van der Waals surface area contributed by atoms with Gasteiger partial charge in [-0.25, -0.2) is 0 Å². The number of esters is 2. The number of quaternary nitrogens is 1. The molecule has 0 aromatic heterocycles. The summed E-state index contributed by atoms with van der Waals surface area (Å²) < 4.78 is 18.6. The van der Waals surface area contributed by atoms with E-state index in [2.05, 4.69) is 26.2 Å². The average molecular weight is 384 g/mol. The molecule has 5 atom stereocenters. The van der Waals surface area contributed by atoms with Gasteiger partial charge in [0.1, 0.15) is 6.04 Å². The summed E-state index contributed by atoms with van der Waals surface area (Å²) in [4.78, 5) is 23.4. The fraction of sp³-hybridized carbons (Fsp3) is 0.545. The Morgan fingerprint density at radius 1 is 1.18 bits per heavy atom. The number of rotatable bonds is 2. The van der Waals surface area contributed by atoms with Crippen LogP contribution in [0.3, 0.4) is 0 Å². The Kier molecular flexibility index (Phi) is 3.55. The van der Waals surface area contributed by atoms with Gasteiger partial charge < -0.3 is 18.7 Å². The third-order valence-corrected chi connectivity index (χ3v) is 7.23. The molecule has 2 bridgehead atoms. The van der Waals surface area contributed by atoms with E-state index in [1.165, 1.54) is 25.0 Å². The van der Waals surface area contributed by atoms with Crippen LogP contribution in [0.1, 0.15) is 31.4 Å². The molecule has 2 aliphatic heterocycles. The molecule has 1 saturated heterocycles. The second-order valence-electron chi connectivity index (χ2n) is 9.11. The standard InChI is InChI=1S/C22H26NO5/c1-12(24)26-17-7-5-14-11-16-15-6-8-18(27-13(2)25)21-22(15,9-10-23(16,3)4)19(14)20(17)28-21/h5-8,15-16,18,21H,9-11H2,1-4H3/q+1/t15-,16+,18?,21?,22-/m0/s1. The van der Waals surface area contributed by atoms with Gasteiger partial charge in [0, 0.05) is 38.2 Å². The molecule has 0 saturated carbocycles. The molecule has 1 fully saturated rings. The molecule has 0 N–H and O–H groups in total. The van der Waals surface area contributed by atoms with Crippen molar-refractivity contribution in [3.05, 3.63) is 35.4 Å². The van der Waals surface area contributed by atoms with E-state index in [4.69, 9.17) is 14.2 Å². The molecule has 28 heavy (non-hydrogen) atoms. The van der Waals surface area contributed by atoms with Gasteiger partial charge >= 0.3 is 11.9 Å². The highest BCUT2D eigenvalue weighted by molar-refractivity contribution is 5.72. The maximum atomic E-state index is 11.7. The molecule has 6 nitrogen and oxygen atoms in total. The first-order valence-electron chi connectivity index (χ1n) is 9.94. The molecule has 6 heteroatoms. The van der Waals surface area contributed by atoms with Gasteiger partial charge in [-0.1, -0.05) is 12.1 Å². The van der Waals surface area contributed by atoms with Crippen molar-refractivity contribution in [2.24, 2.45) is 5.92 Å². The number of likely N-dealkylation sites (N-methyl/N-ethyl adjacent to an activating group) is 1. The molecular formula is C22H26NO5+. The topological polar surface area (TPSA) is 61.8 Å². The number of likely N-dealkylation sites (tertiary alicyclic amines) is 1. The maximum Gasteiger partial charge on any atom is 0.308 e. The minimum absolute atomic E-state index is 0.244. The van der Waals surface area contributed by atoms with Gasteiger partial charge in [0.25, 0.3) is 0 Å². The van der Waals surface area contributed by atoms with Crippen LogP contribution in [0.15, 0.2) is 24.3 Å². The lowest BCUT2D eigenvalue weighted by atomic mass is 9.53. The lowest BCUT2D eigenvalue weighted by Crippen LogP contribution is -2.70. The Balaban J connectivity index is 1.73. The smallest absolute Gasteiger partial charge is 0.308 e. The Morgan fingerprint density at radius 2 is 1.96 bits per heavy atom. The zero-order chi connectivity index (χ0) is 19.8. The van der Waals surface area contributed by atoms with Gasteiger partial charge in [0.05, 0.1) is 26.1 Å². The van der Waals surface area contributed by atoms with Crippen LogP contribution in [-0.2, 0) is 26.2 Å². The van der Waals surface area contributed by atoms with Crippen LogP contribution in [0.25, 0.3) is 0 Å². The van der Waals surface area contributed by atoms with Gasteiger partial charge in [-0.15, -0.1) is 0 Å². The van der Waals surface area contributed by atoms with Crippen LogP contribution in [0.5, 0.6) is 11.5 Å². The van der Waals surface area contributed by atoms with Crippen LogP contribution in [0.4, 0.5) is 0 Å². The summed E-state index contributed by atoms with van der Waals surface area (Å²) in [5.41, 5.74) is 2.18. The van der Waals surface area contributed by atoms with E-state index in [1.807, 2.05) is 12.1 Å². The van der Waals surface area contributed by atoms with Gasteiger partial charge in [0.2, 0.25) is 0 Å². The number of carbonyl (C=O) groups is 2. The second kappa shape index (κ2) is 5.60. The molecule has 1 spiro atoms. The highest BCUT2D eigenvalue weighted by Crippen LogP contribution is 2.63. The fourth-order valence-corrected chi connectivity index (χ4v) is 6.10. The van der Waals surface area contributed by atoms with Crippen molar-refractivity contribution in [1.82, 2.24) is 0 Å². The predicted octanol–water partition coefficient (Wildman–Crippen LogP) is 2.13. The summed E-state index contributed by atoms with van der Waals surface area (Å²) >= 11 is 0. The molecular weight excluding hydrogens is 358 g/mol. The lowest BCUT2D eigenvalue weighted by molar-refractivity contribution is -0.926. The molecule has 4 aliphatic rings. The minimum atomic E-state index is -0.438. The molecule has 148 valence electrons. The first kappa shape index (κ1) is 17.7. The molecule has 2 unspecified atom stereocenters. The van der Waals surface area contributed by atoms with Crippen molar-refractivity contribution < 1.29 is 28.3 Å². The van der Waals surface area contributed by atoms with Gasteiger partial charge in [-0.3, -0.25) is 9.59 Å². The monoisotopic (exact) mass is 384 g/mol. The number of benzene rings is 1. The highest BCUT2D eigenvalue weighted by atomic mass is 16.6. The highest BCUT2D eigenvalue weighted by Gasteiger charge is 2.68. The minimum Gasteiger partial charge on any atom is -0.481 e. The Morgan fingerprint density at radius 3 is 2.68 bits per heavy atom. The summed E-state index contributed by atoms with van der Waals surface area (Å²) in [5.74, 6) is 0.744. The number of hydrogen-bond acceptors (Lipinski definition) is 5. The van der Waals surface area contributed by atoms with Crippen LogP contribution < -0.4 is 9.47 Å². The summed E-state index contributed by atoms with van der Waals surface area (Å²) in [6.45, 7) is 3.85. The Bertz CT molecular complexity index is 920. The molecule has 5 rings (SSSR count). The van der Waals surface area contributed by atoms with Crippen LogP contribution >= 0.6 is 0 Å². The third-order valence-electron chi connectivity index (χ3n) is 7.23. The molecule has 0 radical (unpaired) electrons. The zero-order valence-electron chi connectivity index (χ0n) is 16.7. The molecule has 0 amide bonds. The SMILES string of the molecule is CC(=O)Oc1ccc2c3c1OC1C(OC(C)=O)C=C[C@H]4[C@@H](C2)[N+](C)(C)CC[C@]314.